The molecule has 26 heavy (non-hydrogen) atoms. The molecule has 3 saturated carbocycles. The van der Waals surface area contributed by atoms with Crippen LogP contribution in [-0.2, 0) is 19.7 Å². The molecule has 7 aliphatic rings. The molecule has 3 spiro atoms. The lowest BCUT2D eigenvalue weighted by Crippen LogP contribution is -2.78. The van der Waals surface area contributed by atoms with E-state index in [1.54, 1.807) is 7.11 Å². The lowest BCUT2D eigenvalue weighted by atomic mass is 9.39. The van der Waals surface area contributed by atoms with Crippen molar-refractivity contribution in [2.24, 2.45) is 11.3 Å². The van der Waals surface area contributed by atoms with Gasteiger partial charge in [0.2, 0.25) is 0 Å². The van der Waals surface area contributed by atoms with Crippen molar-refractivity contribution in [1.29, 1.82) is 0 Å². The van der Waals surface area contributed by atoms with Gasteiger partial charge in [0, 0.05) is 29.1 Å². The highest BCUT2D eigenvalue weighted by Crippen LogP contribution is 2.76. The number of nitrogens with one attached hydrogen (secondary N) is 1. The van der Waals surface area contributed by atoms with Crippen molar-refractivity contribution in [1.82, 2.24) is 4.90 Å². The van der Waals surface area contributed by atoms with Crippen molar-refractivity contribution < 1.29 is 14.3 Å². The Bertz CT molecular complexity index is 857. The van der Waals surface area contributed by atoms with Crippen LogP contribution in [0, 0.1) is 11.3 Å². The van der Waals surface area contributed by atoms with Crippen molar-refractivity contribution in [3.63, 3.8) is 0 Å². The van der Waals surface area contributed by atoms with Gasteiger partial charge in [-0.2, -0.15) is 0 Å². The first-order valence-corrected chi connectivity index (χ1v) is 10.0. The molecular formula is C21H24N2O3. The molecule has 1 aromatic rings. The summed E-state index contributed by atoms with van der Waals surface area (Å²) in [5.74, 6) is -0.128. The van der Waals surface area contributed by atoms with Crippen molar-refractivity contribution in [3.05, 3.63) is 29.8 Å². The minimum atomic E-state index is -0.202. The van der Waals surface area contributed by atoms with E-state index >= 15 is 0 Å². The van der Waals surface area contributed by atoms with Crippen molar-refractivity contribution in [2.45, 2.75) is 54.9 Å². The summed E-state index contributed by atoms with van der Waals surface area (Å²) in [7, 11) is 1.55. The molecule has 0 radical (unpaired) electrons. The van der Waals surface area contributed by atoms with Gasteiger partial charge in [-0.3, -0.25) is 9.69 Å². The topological polar surface area (TPSA) is 54.1 Å². The summed E-state index contributed by atoms with van der Waals surface area (Å²) in [6.07, 6.45) is 4.97. The van der Waals surface area contributed by atoms with E-state index in [0.29, 0.717) is 18.2 Å². The first-order chi connectivity index (χ1) is 12.7. The third-order valence-electron chi connectivity index (χ3n) is 8.94. The lowest BCUT2D eigenvalue weighted by Gasteiger charge is -2.68. The maximum atomic E-state index is 13.0. The molecule has 3 saturated heterocycles. The first-order valence-electron chi connectivity index (χ1n) is 10.0. The summed E-state index contributed by atoms with van der Waals surface area (Å²) in [6, 6.07) is 9.28. The third kappa shape index (κ3) is 1.23. The van der Waals surface area contributed by atoms with Crippen LogP contribution >= 0.6 is 0 Å². The summed E-state index contributed by atoms with van der Waals surface area (Å²) in [6.45, 7) is 2.19. The minimum Gasteiger partial charge on any atom is -0.469 e. The molecule has 1 N–H and O–H groups in total. The molecule has 6 fully saturated rings. The van der Waals surface area contributed by atoms with E-state index in [9.17, 15) is 4.79 Å². The zero-order chi connectivity index (χ0) is 17.3. The maximum absolute atomic E-state index is 13.0. The van der Waals surface area contributed by atoms with Crippen LogP contribution in [0.15, 0.2) is 24.3 Å². The SMILES string of the molecule is COC(=O)[C@@H]1C[C@@]23CC[C@]14Nc1ccccc1[C@@]41CCN(C[C@H]4O[C@@H]42)[C@H]31. The molecule has 5 nitrogen and oxygen atoms in total. The fourth-order valence-electron chi connectivity index (χ4n) is 8.32. The van der Waals surface area contributed by atoms with Gasteiger partial charge < -0.3 is 14.8 Å². The van der Waals surface area contributed by atoms with Crippen LogP contribution in [0.4, 0.5) is 5.69 Å². The standard InChI is InChI=1S/C21H24N2O3/c1-25-17(24)13-10-19-6-7-21(13)20(12-4-2-3-5-14(12)22-21)8-9-23(18(19)20)11-15-16(19)26-15/h2-5,13,15-16,18,22H,6-11H2,1H3/t13-,15+,16-,18+,19-,20+,21-/m0/s1. The highest BCUT2D eigenvalue weighted by atomic mass is 16.6. The number of esters is 1. The first kappa shape index (κ1) is 14.5. The second-order valence-electron chi connectivity index (χ2n) is 9.37. The predicted molar refractivity (Wildman–Crippen MR) is 94.9 cm³/mol. The van der Waals surface area contributed by atoms with E-state index in [4.69, 9.17) is 9.47 Å². The van der Waals surface area contributed by atoms with Crippen LogP contribution in [0.3, 0.4) is 0 Å². The third-order valence-corrected chi connectivity index (χ3v) is 8.94. The van der Waals surface area contributed by atoms with Gasteiger partial charge in [0.15, 0.2) is 0 Å². The van der Waals surface area contributed by atoms with Gasteiger partial charge in [0.1, 0.15) is 0 Å². The number of nitrogens with zero attached hydrogens (tertiary/aromatic N) is 1. The van der Waals surface area contributed by atoms with E-state index in [1.165, 1.54) is 11.3 Å². The number of hydrogen-bond donors (Lipinski definition) is 1. The average molecular weight is 352 g/mol. The number of carbonyl (C=O) groups excluding carboxylic acids is 1. The van der Waals surface area contributed by atoms with Gasteiger partial charge in [0.25, 0.3) is 0 Å². The van der Waals surface area contributed by atoms with Gasteiger partial charge in [-0.15, -0.1) is 0 Å². The normalized spacial score (nSPS) is 51.7. The fraction of sp³-hybridized carbons (Fsp3) is 0.667. The monoisotopic (exact) mass is 352 g/mol. The van der Waals surface area contributed by atoms with Gasteiger partial charge in [-0.1, -0.05) is 18.2 Å². The van der Waals surface area contributed by atoms with Crippen molar-refractivity contribution >= 4 is 11.7 Å². The number of para-hydroxylation sites is 1. The number of rotatable bonds is 1. The Morgan fingerprint density at radius 1 is 1.31 bits per heavy atom. The second-order valence-corrected chi connectivity index (χ2v) is 9.37. The Morgan fingerprint density at radius 3 is 3.08 bits per heavy atom. The number of methoxy groups -OCH3 is 1. The van der Waals surface area contributed by atoms with E-state index in [-0.39, 0.29) is 28.3 Å². The Morgan fingerprint density at radius 2 is 2.19 bits per heavy atom. The van der Waals surface area contributed by atoms with Crippen molar-refractivity contribution in [3.8, 4) is 0 Å². The summed E-state index contributed by atoms with van der Waals surface area (Å²) in [5, 5.41) is 3.91. The van der Waals surface area contributed by atoms with Crippen LogP contribution in [0.1, 0.15) is 31.2 Å². The number of benzene rings is 1. The maximum Gasteiger partial charge on any atom is 0.311 e. The number of epoxide rings is 1. The lowest BCUT2D eigenvalue weighted by molar-refractivity contribution is -0.170. The largest absolute Gasteiger partial charge is 0.469 e. The number of fused-ring (bicyclic) bond motifs is 4. The number of hydrogen-bond acceptors (Lipinski definition) is 5. The molecule has 4 aliphatic heterocycles. The van der Waals surface area contributed by atoms with Crippen molar-refractivity contribution in [2.75, 3.05) is 25.5 Å². The van der Waals surface area contributed by atoms with Gasteiger partial charge in [-0.25, -0.2) is 0 Å². The van der Waals surface area contributed by atoms with Crippen LogP contribution in [0.5, 0.6) is 0 Å². The summed E-state index contributed by atoms with van der Waals surface area (Å²) >= 11 is 0. The zero-order valence-corrected chi connectivity index (χ0v) is 15.0. The van der Waals surface area contributed by atoms with Gasteiger partial charge >= 0.3 is 5.97 Å². The summed E-state index contributed by atoms with van der Waals surface area (Å²) in [4.78, 5) is 15.7. The molecule has 4 heterocycles. The van der Waals surface area contributed by atoms with Gasteiger partial charge in [-0.05, 0) is 43.9 Å². The molecule has 2 bridgehead atoms. The number of piperidine rings is 1. The zero-order valence-electron chi connectivity index (χ0n) is 15.0. The van der Waals surface area contributed by atoms with E-state index < -0.39 is 0 Å². The van der Waals surface area contributed by atoms with Gasteiger partial charge in [0.05, 0.1) is 30.8 Å². The highest BCUT2D eigenvalue weighted by Gasteiger charge is 2.83. The Balaban J connectivity index is 1.54. The number of ether oxygens (including phenoxy) is 2. The smallest absolute Gasteiger partial charge is 0.311 e. The average Bonchev–Trinajstić information content (AvgIpc) is 3.26. The van der Waals surface area contributed by atoms with E-state index in [1.807, 2.05) is 0 Å². The number of carbonyl (C=O) groups is 1. The molecule has 7 atom stereocenters. The Hall–Kier alpha value is -1.59. The molecule has 5 heteroatoms. The molecule has 8 rings (SSSR count). The predicted octanol–water partition coefficient (Wildman–Crippen LogP) is 1.92. The van der Waals surface area contributed by atoms with Crippen LogP contribution in [0.2, 0.25) is 0 Å². The van der Waals surface area contributed by atoms with E-state index in [2.05, 4.69) is 34.5 Å². The quantitative estimate of drug-likeness (QED) is 0.618. The molecule has 136 valence electrons. The molecule has 0 aromatic heterocycles. The Labute approximate surface area is 153 Å². The summed E-state index contributed by atoms with van der Waals surface area (Å²) in [5.41, 5.74) is 2.59. The van der Waals surface area contributed by atoms with Crippen LogP contribution < -0.4 is 5.32 Å². The molecule has 1 aromatic carbocycles. The molecule has 0 amide bonds. The second kappa shape index (κ2) is 4.12. The number of anilines is 1. The van der Waals surface area contributed by atoms with Crippen LogP contribution in [0.25, 0.3) is 0 Å². The molecular weight excluding hydrogens is 328 g/mol. The minimum absolute atomic E-state index is 0.00979. The molecule has 0 unspecified atom stereocenters. The molecule has 3 aliphatic carbocycles. The summed E-state index contributed by atoms with van der Waals surface area (Å²) < 4.78 is 11.5. The van der Waals surface area contributed by atoms with E-state index in [0.717, 1.165) is 38.8 Å². The highest BCUT2D eigenvalue weighted by molar-refractivity contribution is 5.81. The van der Waals surface area contributed by atoms with Crippen LogP contribution in [-0.4, -0.2) is 54.9 Å². The Kier molecular flexibility index (Phi) is 2.29. The fourth-order valence-corrected chi connectivity index (χ4v) is 8.32.